The monoisotopic (exact) mass is 347 g/mol. The van der Waals surface area contributed by atoms with Crippen molar-refractivity contribution in [2.75, 3.05) is 11.1 Å². The molecule has 0 bridgehead atoms. The first-order valence-corrected chi connectivity index (χ1v) is 7.42. The van der Waals surface area contributed by atoms with Gasteiger partial charge in [0.25, 0.3) is 5.69 Å². The van der Waals surface area contributed by atoms with Crippen LogP contribution in [0.2, 0.25) is 0 Å². The number of nitro benzene ring substituents is 1. The second-order valence-corrected chi connectivity index (χ2v) is 5.97. The topological polar surface area (TPSA) is 81.2 Å². The lowest BCUT2D eigenvalue weighted by Crippen LogP contribution is -2.07. The highest BCUT2D eigenvalue weighted by Gasteiger charge is 2.23. The van der Waals surface area contributed by atoms with Crippen LogP contribution < -0.4 is 11.1 Å². The molecule has 0 spiro atoms. The fourth-order valence-electron chi connectivity index (χ4n) is 2.73. The molecular formula is C15H14BrN3O2. The molecule has 21 heavy (non-hydrogen) atoms. The van der Waals surface area contributed by atoms with Crippen LogP contribution in [0.4, 0.5) is 17.1 Å². The third kappa shape index (κ3) is 2.71. The molecule has 2 aromatic rings. The Morgan fingerprint density at radius 3 is 2.86 bits per heavy atom. The first-order valence-electron chi connectivity index (χ1n) is 6.63. The van der Waals surface area contributed by atoms with Crippen molar-refractivity contribution in [3.63, 3.8) is 0 Å². The van der Waals surface area contributed by atoms with Gasteiger partial charge in [-0.2, -0.15) is 0 Å². The van der Waals surface area contributed by atoms with Gasteiger partial charge >= 0.3 is 0 Å². The van der Waals surface area contributed by atoms with Crippen molar-refractivity contribution in [3.05, 3.63) is 62.1 Å². The fraction of sp³-hybridized carbons (Fsp3) is 0.200. The fourth-order valence-corrected chi connectivity index (χ4v) is 3.12. The molecule has 0 fully saturated rings. The van der Waals surface area contributed by atoms with E-state index >= 15 is 0 Å². The zero-order valence-corrected chi connectivity index (χ0v) is 12.8. The predicted molar refractivity (Wildman–Crippen MR) is 86.3 cm³/mol. The number of hydrogen-bond donors (Lipinski definition) is 2. The standard InChI is InChI=1S/C15H14BrN3O2/c16-13-5-3-11(8-15(13)19(20)21)18-14-6-1-9-7-10(17)2-4-12(9)14/h2-5,7-8,14,18H,1,6,17H2. The van der Waals surface area contributed by atoms with Gasteiger partial charge in [0.1, 0.15) is 0 Å². The maximum absolute atomic E-state index is 11.0. The number of anilines is 2. The largest absolute Gasteiger partial charge is 0.399 e. The molecule has 1 unspecified atom stereocenters. The second-order valence-electron chi connectivity index (χ2n) is 5.12. The molecule has 6 heteroatoms. The quantitative estimate of drug-likeness (QED) is 0.498. The lowest BCUT2D eigenvalue weighted by molar-refractivity contribution is -0.385. The van der Waals surface area contributed by atoms with Crippen LogP contribution in [0.15, 0.2) is 40.9 Å². The maximum Gasteiger partial charge on any atom is 0.285 e. The molecule has 2 aromatic carbocycles. The Kier molecular flexibility index (Phi) is 3.55. The number of halogens is 1. The number of rotatable bonds is 3. The third-order valence-corrected chi connectivity index (χ3v) is 4.40. The first-order chi connectivity index (χ1) is 10.0. The minimum atomic E-state index is -0.390. The van der Waals surface area contributed by atoms with Crippen molar-refractivity contribution in [3.8, 4) is 0 Å². The molecule has 5 nitrogen and oxygen atoms in total. The van der Waals surface area contributed by atoms with Crippen LogP contribution in [0.5, 0.6) is 0 Å². The molecule has 1 atom stereocenters. The molecule has 0 aromatic heterocycles. The third-order valence-electron chi connectivity index (χ3n) is 3.73. The normalized spacial score (nSPS) is 16.5. The average Bonchev–Trinajstić information content (AvgIpc) is 2.83. The van der Waals surface area contributed by atoms with Gasteiger partial charge in [0.05, 0.1) is 15.4 Å². The molecule has 1 aliphatic carbocycles. The van der Waals surface area contributed by atoms with E-state index in [1.807, 2.05) is 24.3 Å². The van der Waals surface area contributed by atoms with Crippen LogP contribution in [0, 0.1) is 10.1 Å². The smallest absolute Gasteiger partial charge is 0.285 e. The summed E-state index contributed by atoms with van der Waals surface area (Å²) in [5.74, 6) is 0. The summed E-state index contributed by atoms with van der Waals surface area (Å²) in [5, 5.41) is 14.4. The van der Waals surface area contributed by atoms with Crippen LogP contribution in [0.1, 0.15) is 23.6 Å². The molecule has 0 heterocycles. The van der Waals surface area contributed by atoms with E-state index in [2.05, 4.69) is 21.2 Å². The van der Waals surface area contributed by atoms with Crippen LogP contribution in [0.3, 0.4) is 0 Å². The molecule has 0 amide bonds. The predicted octanol–water partition coefficient (Wildman–Crippen LogP) is 4.04. The number of nitrogens with one attached hydrogen (secondary N) is 1. The molecule has 0 saturated heterocycles. The average molecular weight is 348 g/mol. The molecule has 0 saturated carbocycles. The summed E-state index contributed by atoms with van der Waals surface area (Å²) in [7, 11) is 0. The van der Waals surface area contributed by atoms with Crippen molar-refractivity contribution in [2.45, 2.75) is 18.9 Å². The molecule has 3 N–H and O–H groups in total. The Bertz CT molecular complexity index is 718. The number of aryl methyl sites for hydroxylation is 1. The van der Waals surface area contributed by atoms with Crippen molar-refractivity contribution in [2.24, 2.45) is 0 Å². The van der Waals surface area contributed by atoms with Gasteiger partial charge in [-0.15, -0.1) is 0 Å². The SMILES string of the molecule is Nc1ccc2c(c1)CCC2Nc1ccc(Br)c([N+](=O)[O-])c1. The Hall–Kier alpha value is -2.08. The number of nitrogen functional groups attached to an aromatic ring is 1. The summed E-state index contributed by atoms with van der Waals surface area (Å²) in [4.78, 5) is 10.6. The van der Waals surface area contributed by atoms with Crippen LogP contribution in [-0.2, 0) is 6.42 Å². The molecule has 108 valence electrons. The lowest BCUT2D eigenvalue weighted by Gasteiger charge is -2.15. The lowest BCUT2D eigenvalue weighted by atomic mass is 10.1. The molecule has 1 aliphatic rings. The van der Waals surface area contributed by atoms with Crippen LogP contribution in [0.25, 0.3) is 0 Å². The molecule has 0 aliphatic heterocycles. The van der Waals surface area contributed by atoms with E-state index in [0.717, 1.165) is 24.2 Å². The van der Waals surface area contributed by atoms with Gasteiger partial charge in [-0.05, 0) is 64.2 Å². The minimum absolute atomic E-state index is 0.0653. The Morgan fingerprint density at radius 2 is 2.10 bits per heavy atom. The first kappa shape index (κ1) is 13.9. The van der Waals surface area contributed by atoms with Gasteiger partial charge in [0.2, 0.25) is 0 Å². The van der Waals surface area contributed by atoms with E-state index < -0.39 is 4.92 Å². The van der Waals surface area contributed by atoms with Crippen molar-refractivity contribution >= 4 is 33.0 Å². The van der Waals surface area contributed by atoms with Gasteiger partial charge < -0.3 is 11.1 Å². The Labute approximate surface area is 130 Å². The van der Waals surface area contributed by atoms with Crippen LogP contribution >= 0.6 is 15.9 Å². The zero-order valence-electron chi connectivity index (χ0n) is 11.2. The van der Waals surface area contributed by atoms with Gasteiger partial charge in [-0.25, -0.2) is 0 Å². The highest BCUT2D eigenvalue weighted by molar-refractivity contribution is 9.10. The van der Waals surface area contributed by atoms with Crippen molar-refractivity contribution in [1.82, 2.24) is 0 Å². The number of nitro groups is 1. The summed E-state index contributed by atoms with van der Waals surface area (Å²) in [5.41, 5.74) is 9.85. The van der Waals surface area contributed by atoms with E-state index in [4.69, 9.17) is 5.73 Å². The number of nitrogens with two attached hydrogens (primary N) is 1. The van der Waals surface area contributed by atoms with Gasteiger partial charge in [0, 0.05) is 17.4 Å². The number of hydrogen-bond acceptors (Lipinski definition) is 4. The summed E-state index contributed by atoms with van der Waals surface area (Å²) >= 11 is 3.19. The highest BCUT2D eigenvalue weighted by atomic mass is 79.9. The molecular weight excluding hydrogens is 334 g/mol. The van der Waals surface area contributed by atoms with E-state index in [-0.39, 0.29) is 11.7 Å². The molecule has 3 rings (SSSR count). The van der Waals surface area contributed by atoms with Gasteiger partial charge in [0.15, 0.2) is 0 Å². The minimum Gasteiger partial charge on any atom is -0.399 e. The van der Waals surface area contributed by atoms with Crippen molar-refractivity contribution in [1.29, 1.82) is 0 Å². The van der Waals surface area contributed by atoms with Gasteiger partial charge in [-0.1, -0.05) is 6.07 Å². The van der Waals surface area contributed by atoms with E-state index in [1.54, 1.807) is 12.1 Å². The van der Waals surface area contributed by atoms with E-state index in [1.165, 1.54) is 11.1 Å². The summed E-state index contributed by atoms with van der Waals surface area (Å²) in [6.45, 7) is 0. The highest BCUT2D eigenvalue weighted by Crippen LogP contribution is 2.36. The summed E-state index contributed by atoms with van der Waals surface area (Å²) in [6.07, 6.45) is 1.93. The summed E-state index contributed by atoms with van der Waals surface area (Å²) in [6, 6.07) is 11.2. The second kappa shape index (κ2) is 5.37. The Balaban J connectivity index is 1.86. The zero-order chi connectivity index (χ0) is 15.0. The van der Waals surface area contributed by atoms with E-state index in [9.17, 15) is 10.1 Å². The number of fused-ring (bicyclic) bond motifs is 1. The van der Waals surface area contributed by atoms with E-state index in [0.29, 0.717) is 4.47 Å². The Morgan fingerprint density at radius 1 is 1.29 bits per heavy atom. The van der Waals surface area contributed by atoms with Gasteiger partial charge in [-0.3, -0.25) is 10.1 Å². The number of benzene rings is 2. The number of nitrogens with zero attached hydrogens (tertiary/aromatic N) is 1. The summed E-state index contributed by atoms with van der Waals surface area (Å²) < 4.78 is 0.484. The maximum atomic E-state index is 11.0. The molecule has 0 radical (unpaired) electrons. The van der Waals surface area contributed by atoms with Crippen molar-refractivity contribution < 1.29 is 4.92 Å². The van der Waals surface area contributed by atoms with Crippen LogP contribution in [-0.4, -0.2) is 4.92 Å².